The molecule has 0 spiro atoms. The number of hydrogen-bond acceptors (Lipinski definition) is 2. The molecule has 2 aliphatic rings. The van der Waals surface area contributed by atoms with Crippen LogP contribution in [0.25, 0.3) is 0 Å². The van der Waals surface area contributed by atoms with Gasteiger partial charge in [-0.15, -0.1) is 0 Å². The Morgan fingerprint density at radius 1 is 1.23 bits per heavy atom. The Balaban J connectivity index is 2.23. The zero-order valence-electron chi connectivity index (χ0n) is 14.0. The van der Waals surface area contributed by atoms with Gasteiger partial charge in [-0.1, -0.05) is 42.4 Å². The van der Waals surface area contributed by atoms with Gasteiger partial charge >= 0.3 is 0 Å². The fraction of sp³-hybridized carbons (Fsp3) is 0.500. The van der Waals surface area contributed by atoms with Crippen molar-refractivity contribution < 1.29 is 9.59 Å². The normalized spacial score (nSPS) is 31.4. The summed E-state index contributed by atoms with van der Waals surface area (Å²) in [6.45, 7) is 8.40. The zero-order chi connectivity index (χ0) is 16.3. The van der Waals surface area contributed by atoms with E-state index in [0.29, 0.717) is 0 Å². The second-order valence-electron chi connectivity index (χ2n) is 6.80. The molecule has 0 amide bonds. The van der Waals surface area contributed by atoms with Crippen LogP contribution in [-0.4, -0.2) is 12.1 Å². The molecule has 0 saturated heterocycles. The minimum Gasteiger partial charge on any atom is -0.298 e. The number of ketones is 1. The number of rotatable bonds is 5. The van der Waals surface area contributed by atoms with Crippen LogP contribution in [0, 0.1) is 23.7 Å². The topological polar surface area (TPSA) is 34.1 Å². The second kappa shape index (κ2) is 7.04. The molecule has 0 unspecified atom stereocenters. The molecule has 2 aliphatic carbocycles. The Kier molecular flexibility index (Phi) is 5.33. The predicted molar refractivity (Wildman–Crippen MR) is 90.4 cm³/mol. The van der Waals surface area contributed by atoms with Crippen LogP contribution < -0.4 is 0 Å². The van der Waals surface area contributed by atoms with Crippen molar-refractivity contribution in [2.24, 2.45) is 23.7 Å². The van der Waals surface area contributed by atoms with Crippen molar-refractivity contribution in [2.45, 2.75) is 40.5 Å². The molecule has 2 heteroatoms. The summed E-state index contributed by atoms with van der Waals surface area (Å²) in [6, 6.07) is 0. The molecular weight excluding hydrogens is 272 g/mol. The number of allylic oxidation sites excluding steroid dienone is 8. The maximum atomic E-state index is 12.2. The van der Waals surface area contributed by atoms with Crippen molar-refractivity contribution in [3.05, 3.63) is 47.1 Å². The van der Waals surface area contributed by atoms with Gasteiger partial charge in [-0.05, 0) is 57.1 Å². The number of aldehydes is 1. The molecule has 118 valence electrons. The van der Waals surface area contributed by atoms with Gasteiger partial charge in [-0.2, -0.15) is 0 Å². The summed E-state index contributed by atoms with van der Waals surface area (Å²) in [7, 11) is 0. The van der Waals surface area contributed by atoms with Gasteiger partial charge in [0.15, 0.2) is 5.78 Å². The smallest absolute Gasteiger partial charge is 0.159 e. The Morgan fingerprint density at radius 2 is 1.95 bits per heavy atom. The van der Waals surface area contributed by atoms with E-state index in [1.165, 1.54) is 11.1 Å². The molecule has 0 aromatic rings. The highest BCUT2D eigenvalue weighted by atomic mass is 16.1. The monoisotopic (exact) mass is 298 g/mol. The first kappa shape index (κ1) is 16.7. The molecule has 0 aromatic carbocycles. The summed E-state index contributed by atoms with van der Waals surface area (Å²) in [6.07, 6.45) is 12.9. The Labute approximate surface area is 133 Å². The largest absolute Gasteiger partial charge is 0.298 e. The fourth-order valence-corrected chi connectivity index (χ4v) is 3.70. The van der Waals surface area contributed by atoms with Gasteiger partial charge in [-0.25, -0.2) is 0 Å². The van der Waals surface area contributed by atoms with Crippen LogP contribution in [0.15, 0.2) is 47.1 Å². The van der Waals surface area contributed by atoms with E-state index in [9.17, 15) is 9.59 Å². The third-order valence-electron chi connectivity index (χ3n) is 4.96. The molecule has 0 heterocycles. The highest BCUT2D eigenvalue weighted by Gasteiger charge is 2.42. The lowest BCUT2D eigenvalue weighted by molar-refractivity contribution is -0.119. The van der Waals surface area contributed by atoms with Crippen molar-refractivity contribution in [1.29, 1.82) is 0 Å². The Morgan fingerprint density at radius 3 is 2.50 bits per heavy atom. The van der Waals surface area contributed by atoms with E-state index in [0.717, 1.165) is 24.7 Å². The van der Waals surface area contributed by atoms with Crippen LogP contribution in [0.2, 0.25) is 0 Å². The third kappa shape index (κ3) is 3.37. The predicted octanol–water partition coefficient (Wildman–Crippen LogP) is 4.44. The van der Waals surface area contributed by atoms with Crippen LogP contribution in [0.4, 0.5) is 0 Å². The van der Waals surface area contributed by atoms with Crippen LogP contribution in [-0.2, 0) is 9.59 Å². The summed E-state index contributed by atoms with van der Waals surface area (Å²) in [4.78, 5) is 23.7. The van der Waals surface area contributed by atoms with Gasteiger partial charge in [0.05, 0.1) is 0 Å². The molecule has 0 bridgehead atoms. The molecule has 0 aromatic heterocycles. The van der Waals surface area contributed by atoms with E-state index in [2.05, 4.69) is 39.8 Å². The molecule has 2 nitrogen and oxygen atoms in total. The quantitative estimate of drug-likeness (QED) is 0.555. The van der Waals surface area contributed by atoms with Crippen LogP contribution in [0.1, 0.15) is 40.5 Å². The summed E-state index contributed by atoms with van der Waals surface area (Å²) < 4.78 is 0. The summed E-state index contributed by atoms with van der Waals surface area (Å²) in [5.74, 6) is 0.636. The zero-order valence-corrected chi connectivity index (χ0v) is 14.0. The first-order chi connectivity index (χ1) is 10.5. The SMILES string of the molecule is CC(C)=CC/C=C(/C)[C@@H]1CC=C(C=O)[C@@H]1[C@@H]1C(=O)C=C[C@H]1C. The first-order valence-electron chi connectivity index (χ1n) is 8.13. The van der Waals surface area contributed by atoms with Gasteiger partial charge in [0.1, 0.15) is 6.29 Å². The highest BCUT2D eigenvalue weighted by Crippen LogP contribution is 2.45. The molecule has 22 heavy (non-hydrogen) atoms. The number of carbonyl (C=O) groups is 2. The minimum atomic E-state index is -0.0734. The average molecular weight is 298 g/mol. The van der Waals surface area contributed by atoms with Gasteiger partial charge in [0.2, 0.25) is 0 Å². The van der Waals surface area contributed by atoms with Crippen LogP contribution in [0.3, 0.4) is 0 Å². The van der Waals surface area contributed by atoms with Crippen molar-refractivity contribution >= 4 is 12.1 Å². The first-order valence-corrected chi connectivity index (χ1v) is 8.13. The number of hydrogen-bond donors (Lipinski definition) is 0. The average Bonchev–Trinajstić information content (AvgIpc) is 3.01. The summed E-state index contributed by atoms with van der Waals surface area (Å²) >= 11 is 0. The van der Waals surface area contributed by atoms with E-state index >= 15 is 0 Å². The fourth-order valence-electron chi connectivity index (χ4n) is 3.70. The van der Waals surface area contributed by atoms with E-state index < -0.39 is 0 Å². The highest BCUT2D eigenvalue weighted by molar-refractivity contribution is 5.96. The second-order valence-corrected chi connectivity index (χ2v) is 6.80. The van der Waals surface area contributed by atoms with E-state index in [1.807, 2.05) is 12.2 Å². The van der Waals surface area contributed by atoms with Crippen molar-refractivity contribution in [3.63, 3.8) is 0 Å². The lowest BCUT2D eigenvalue weighted by atomic mass is 9.72. The van der Waals surface area contributed by atoms with E-state index in [1.54, 1.807) is 6.08 Å². The molecule has 4 atom stereocenters. The van der Waals surface area contributed by atoms with Gasteiger partial charge in [0.25, 0.3) is 0 Å². The molecule has 2 rings (SSSR count). The van der Waals surface area contributed by atoms with Crippen LogP contribution in [0.5, 0.6) is 0 Å². The van der Waals surface area contributed by atoms with Gasteiger partial charge in [-0.3, -0.25) is 9.59 Å². The molecule has 0 aliphatic heterocycles. The van der Waals surface area contributed by atoms with Gasteiger partial charge < -0.3 is 0 Å². The molecular formula is C20H26O2. The van der Waals surface area contributed by atoms with E-state index in [4.69, 9.17) is 0 Å². The van der Waals surface area contributed by atoms with Crippen LogP contribution >= 0.6 is 0 Å². The summed E-state index contributed by atoms with van der Waals surface area (Å²) in [5.41, 5.74) is 3.42. The summed E-state index contributed by atoms with van der Waals surface area (Å²) in [5, 5.41) is 0. The molecule has 0 radical (unpaired) electrons. The lowest BCUT2D eigenvalue weighted by Gasteiger charge is -2.29. The van der Waals surface area contributed by atoms with Crippen molar-refractivity contribution in [1.82, 2.24) is 0 Å². The number of carbonyl (C=O) groups excluding carboxylic acids is 2. The Hall–Kier alpha value is -1.70. The third-order valence-corrected chi connectivity index (χ3v) is 4.96. The minimum absolute atomic E-state index is 0.0398. The van der Waals surface area contributed by atoms with Crippen molar-refractivity contribution in [3.8, 4) is 0 Å². The van der Waals surface area contributed by atoms with E-state index in [-0.39, 0.29) is 29.5 Å². The molecule has 0 N–H and O–H groups in total. The van der Waals surface area contributed by atoms with Crippen molar-refractivity contribution in [2.75, 3.05) is 0 Å². The van der Waals surface area contributed by atoms with Gasteiger partial charge in [0, 0.05) is 11.8 Å². The standard InChI is InChI=1S/C20H26O2/c1-13(2)6-5-7-14(3)17-10-9-16(12-21)20(17)19-15(4)8-11-18(19)22/h6-9,11-12,15,17,19-20H,5,10H2,1-4H3/b14-7-/t15-,17+,19+,20+/m1/s1. The Bertz CT molecular complexity index is 571. The lowest BCUT2D eigenvalue weighted by Crippen LogP contribution is -2.30. The maximum Gasteiger partial charge on any atom is 0.159 e. The maximum absolute atomic E-state index is 12.2. The molecule has 0 saturated carbocycles. The molecule has 0 fully saturated rings.